The number of hydrogen-bond donors (Lipinski definition) is 2. The summed E-state index contributed by atoms with van der Waals surface area (Å²) in [4.78, 5) is 0. The third-order valence-corrected chi connectivity index (χ3v) is 4.99. The van der Waals surface area contributed by atoms with Crippen LogP contribution < -0.4 is 10.0 Å². The molecule has 0 aliphatic carbocycles. The SMILES string of the molecule is CC(C)NS(=O)(=O)N1CCC2CCC(C1)N2. The predicted octanol–water partition coefficient (Wildman–Crippen LogP) is 0.0555. The third kappa shape index (κ3) is 2.74. The Hall–Kier alpha value is -0.170. The first-order chi connectivity index (χ1) is 7.47. The Bertz CT molecular complexity index is 342. The van der Waals surface area contributed by atoms with Crippen LogP contribution in [0.4, 0.5) is 0 Å². The molecule has 0 amide bonds. The largest absolute Gasteiger partial charge is 0.310 e. The molecule has 2 aliphatic rings. The highest BCUT2D eigenvalue weighted by Gasteiger charge is 2.34. The third-order valence-electron chi connectivity index (χ3n) is 3.21. The van der Waals surface area contributed by atoms with Gasteiger partial charge in [-0.2, -0.15) is 17.4 Å². The van der Waals surface area contributed by atoms with Gasteiger partial charge in [-0.15, -0.1) is 0 Å². The quantitative estimate of drug-likeness (QED) is 0.741. The van der Waals surface area contributed by atoms with Gasteiger partial charge >= 0.3 is 0 Å². The molecule has 16 heavy (non-hydrogen) atoms. The van der Waals surface area contributed by atoms with Crippen LogP contribution in [-0.2, 0) is 10.2 Å². The number of nitrogens with zero attached hydrogens (tertiary/aromatic N) is 1. The molecule has 0 aromatic heterocycles. The molecule has 2 heterocycles. The Morgan fingerprint density at radius 1 is 1.25 bits per heavy atom. The second-order valence-corrected chi connectivity index (χ2v) is 6.76. The Morgan fingerprint density at radius 3 is 2.62 bits per heavy atom. The molecule has 2 bridgehead atoms. The summed E-state index contributed by atoms with van der Waals surface area (Å²) in [7, 11) is -3.29. The topological polar surface area (TPSA) is 61.4 Å². The van der Waals surface area contributed by atoms with Crippen LogP contribution in [0.5, 0.6) is 0 Å². The van der Waals surface area contributed by atoms with Crippen molar-refractivity contribution >= 4 is 10.2 Å². The van der Waals surface area contributed by atoms with Crippen molar-refractivity contribution in [2.24, 2.45) is 0 Å². The zero-order valence-corrected chi connectivity index (χ0v) is 10.8. The van der Waals surface area contributed by atoms with E-state index >= 15 is 0 Å². The van der Waals surface area contributed by atoms with Gasteiger partial charge < -0.3 is 5.32 Å². The van der Waals surface area contributed by atoms with Crippen molar-refractivity contribution in [3.63, 3.8) is 0 Å². The van der Waals surface area contributed by atoms with Gasteiger partial charge in [-0.25, -0.2) is 0 Å². The molecule has 0 aromatic carbocycles. The zero-order chi connectivity index (χ0) is 11.8. The molecule has 6 heteroatoms. The van der Waals surface area contributed by atoms with E-state index < -0.39 is 10.2 Å². The van der Waals surface area contributed by atoms with E-state index in [4.69, 9.17) is 0 Å². The smallest absolute Gasteiger partial charge is 0.279 e. The second-order valence-electron chi connectivity index (χ2n) is 5.06. The summed E-state index contributed by atoms with van der Waals surface area (Å²) in [6, 6.07) is 0.818. The Balaban J connectivity index is 2.04. The van der Waals surface area contributed by atoms with E-state index in [1.807, 2.05) is 13.8 Å². The maximum atomic E-state index is 12.0. The minimum atomic E-state index is -3.29. The van der Waals surface area contributed by atoms with E-state index in [0.29, 0.717) is 25.2 Å². The molecule has 94 valence electrons. The molecule has 0 saturated carbocycles. The Labute approximate surface area is 97.8 Å². The molecule has 0 radical (unpaired) electrons. The van der Waals surface area contributed by atoms with E-state index in [1.54, 1.807) is 4.31 Å². The maximum absolute atomic E-state index is 12.0. The van der Waals surface area contributed by atoms with Gasteiger partial charge in [0.25, 0.3) is 10.2 Å². The summed E-state index contributed by atoms with van der Waals surface area (Å²) in [5, 5.41) is 3.47. The lowest BCUT2D eigenvalue weighted by atomic mass is 10.1. The highest BCUT2D eigenvalue weighted by molar-refractivity contribution is 7.87. The molecule has 0 aromatic rings. The summed E-state index contributed by atoms with van der Waals surface area (Å²) in [6.45, 7) is 4.94. The van der Waals surface area contributed by atoms with Crippen LogP contribution in [0, 0.1) is 0 Å². The molecule has 2 saturated heterocycles. The van der Waals surface area contributed by atoms with Crippen molar-refractivity contribution in [2.75, 3.05) is 13.1 Å². The molecule has 2 rings (SSSR count). The van der Waals surface area contributed by atoms with Crippen molar-refractivity contribution in [2.45, 2.75) is 51.2 Å². The second kappa shape index (κ2) is 4.60. The highest BCUT2D eigenvalue weighted by atomic mass is 32.2. The minimum absolute atomic E-state index is 0.0431. The van der Waals surface area contributed by atoms with Gasteiger partial charge in [0, 0.05) is 31.2 Å². The maximum Gasteiger partial charge on any atom is 0.279 e. The van der Waals surface area contributed by atoms with Gasteiger partial charge in [0.2, 0.25) is 0 Å². The zero-order valence-electron chi connectivity index (χ0n) is 9.94. The lowest BCUT2D eigenvalue weighted by Crippen LogP contribution is -2.47. The van der Waals surface area contributed by atoms with Gasteiger partial charge in [-0.1, -0.05) is 0 Å². The van der Waals surface area contributed by atoms with Crippen LogP contribution in [-0.4, -0.2) is 43.9 Å². The van der Waals surface area contributed by atoms with Crippen LogP contribution in [0.2, 0.25) is 0 Å². The minimum Gasteiger partial charge on any atom is -0.310 e. The van der Waals surface area contributed by atoms with Crippen molar-refractivity contribution in [3.05, 3.63) is 0 Å². The Kier molecular flexibility index (Phi) is 3.53. The van der Waals surface area contributed by atoms with Crippen molar-refractivity contribution in [3.8, 4) is 0 Å². The van der Waals surface area contributed by atoms with E-state index in [0.717, 1.165) is 12.8 Å². The van der Waals surface area contributed by atoms with Gasteiger partial charge in [0.1, 0.15) is 0 Å². The Morgan fingerprint density at radius 2 is 1.94 bits per heavy atom. The van der Waals surface area contributed by atoms with Crippen LogP contribution in [0.25, 0.3) is 0 Å². The van der Waals surface area contributed by atoms with Crippen molar-refractivity contribution < 1.29 is 8.42 Å². The first kappa shape index (κ1) is 12.3. The predicted molar refractivity (Wildman–Crippen MR) is 63.3 cm³/mol. The standard InChI is InChI=1S/C10H21N3O2S/c1-8(2)12-16(14,15)13-6-5-9-3-4-10(7-13)11-9/h8-12H,3-7H2,1-2H3. The summed E-state index contributed by atoms with van der Waals surface area (Å²) in [5.74, 6) is 0. The van der Waals surface area contributed by atoms with Gasteiger partial charge in [-0.3, -0.25) is 0 Å². The number of fused-ring (bicyclic) bond motifs is 2. The first-order valence-electron chi connectivity index (χ1n) is 6.01. The molecular weight excluding hydrogens is 226 g/mol. The average Bonchev–Trinajstić information content (AvgIpc) is 2.42. The highest BCUT2D eigenvalue weighted by Crippen LogP contribution is 2.21. The molecule has 2 N–H and O–H groups in total. The fraction of sp³-hybridized carbons (Fsp3) is 1.00. The van der Waals surface area contributed by atoms with Crippen molar-refractivity contribution in [1.29, 1.82) is 0 Å². The van der Waals surface area contributed by atoms with Crippen LogP contribution in [0.3, 0.4) is 0 Å². The van der Waals surface area contributed by atoms with Crippen LogP contribution in [0.15, 0.2) is 0 Å². The fourth-order valence-electron chi connectivity index (χ4n) is 2.50. The monoisotopic (exact) mass is 247 g/mol. The molecule has 2 unspecified atom stereocenters. The van der Waals surface area contributed by atoms with Gasteiger partial charge in [0.15, 0.2) is 0 Å². The van der Waals surface area contributed by atoms with Crippen molar-refractivity contribution in [1.82, 2.24) is 14.3 Å². The molecular formula is C10H21N3O2S. The fourth-order valence-corrected chi connectivity index (χ4v) is 3.97. The van der Waals surface area contributed by atoms with Crippen LogP contribution >= 0.6 is 0 Å². The van der Waals surface area contributed by atoms with Gasteiger partial charge in [-0.05, 0) is 33.1 Å². The summed E-state index contributed by atoms with van der Waals surface area (Å²) in [5.41, 5.74) is 0. The molecule has 2 fully saturated rings. The van der Waals surface area contributed by atoms with E-state index in [1.165, 1.54) is 6.42 Å². The van der Waals surface area contributed by atoms with E-state index in [9.17, 15) is 8.42 Å². The number of hydrogen-bond acceptors (Lipinski definition) is 3. The first-order valence-corrected chi connectivity index (χ1v) is 7.45. The molecule has 5 nitrogen and oxygen atoms in total. The van der Waals surface area contributed by atoms with Gasteiger partial charge in [0.05, 0.1) is 0 Å². The summed E-state index contributed by atoms with van der Waals surface area (Å²) in [6.07, 6.45) is 3.21. The lowest BCUT2D eigenvalue weighted by Gasteiger charge is -2.24. The summed E-state index contributed by atoms with van der Waals surface area (Å²) < 4.78 is 28.3. The average molecular weight is 247 g/mol. The number of nitrogens with one attached hydrogen (secondary N) is 2. The number of rotatable bonds is 3. The molecule has 0 spiro atoms. The molecule has 2 atom stereocenters. The van der Waals surface area contributed by atoms with E-state index in [2.05, 4.69) is 10.0 Å². The summed E-state index contributed by atoms with van der Waals surface area (Å²) >= 11 is 0. The van der Waals surface area contributed by atoms with E-state index in [-0.39, 0.29) is 6.04 Å². The lowest BCUT2D eigenvalue weighted by molar-refractivity contribution is 0.374. The molecule has 2 aliphatic heterocycles. The van der Waals surface area contributed by atoms with Crippen LogP contribution in [0.1, 0.15) is 33.1 Å². The normalized spacial score (nSPS) is 31.9.